The first-order valence-electron chi connectivity index (χ1n) is 9.55. The van der Waals surface area contributed by atoms with Crippen LogP contribution in [0.3, 0.4) is 0 Å². The number of carbonyl (C=O) groups excluding carboxylic acids is 3. The van der Waals surface area contributed by atoms with Gasteiger partial charge in [0.25, 0.3) is 5.91 Å². The van der Waals surface area contributed by atoms with E-state index in [1.807, 2.05) is 0 Å². The third-order valence-corrected chi connectivity index (χ3v) is 6.56. The van der Waals surface area contributed by atoms with Gasteiger partial charge in [0.2, 0.25) is 5.78 Å². The van der Waals surface area contributed by atoms with E-state index in [0.717, 1.165) is 0 Å². The Bertz CT molecular complexity index is 1100. The Labute approximate surface area is 171 Å². The number of hydrogen-bond donors (Lipinski definition) is 6. The fraction of sp³-hybridized carbons (Fsp3) is 0.381. The van der Waals surface area contributed by atoms with Crippen molar-refractivity contribution in [2.45, 2.75) is 38.3 Å². The monoisotopic (exact) mass is 414 g/mol. The standard InChI is InChI=1S/C21H22N2O7/c1-7-2-9(6-22)11-4-8-3-10-5-12(24)15(20(23)29)19(28)21(10,30)18(27)13(8)17(26)14(11)16(7)25/h2,8,10,24-25,27,30H,3-6,22H2,1H3,(H2,23,29)/t8-,10+,21+/m1/s1. The summed E-state index contributed by atoms with van der Waals surface area (Å²) in [6.45, 7) is 1.76. The molecule has 9 heteroatoms. The van der Waals surface area contributed by atoms with E-state index in [1.165, 1.54) is 0 Å². The molecule has 3 atom stereocenters. The van der Waals surface area contributed by atoms with E-state index in [-0.39, 0.29) is 42.7 Å². The SMILES string of the molecule is Cc1cc(CN)c2c(c1O)C(=O)C1=C(O)[C@]3(O)C(=O)C(C(N)=O)=C(O)C[C@@H]3C[C@@H]1C2. The predicted octanol–water partition coefficient (Wildman–Crippen LogP) is 0.348. The van der Waals surface area contributed by atoms with Crippen molar-refractivity contribution in [3.8, 4) is 5.75 Å². The molecule has 158 valence electrons. The molecule has 3 aliphatic carbocycles. The van der Waals surface area contributed by atoms with Crippen molar-refractivity contribution in [3.63, 3.8) is 0 Å². The second-order valence-corrected chi connectivity index (χ2v) is 8.17. The molecule has 9 nitrogen and oxygen atoms in total. The van der Waals surface area contributed by atoms with E-state index in [2.05, 4.69) is 0 Å². The van der Waals surface area contributed by atoms with E-state index in [9.17, 15) is 34.8 Å². The van der Waals surface area contributed by atoms with Crippen LogP contribution in [0.1, 0.15) is 39.9 Å². The molecule has 8 N–H and O–H groups in total. The zero-order chi connectivity index (χ0) is 22.1. The lowest BCUT2D eigenvalue weighted by Gasteiger charge is -2.45. The van der Waals surface area contributed by atoms with Crippen molar-refractivity contribution < 1.29 is 34.8 Å². The molecule has 0 aliphatic heterocycles. The highest BCUT2D eigenvalue weighted by Gasteiger charge is 2.59. The summed E-state index contributed by atoms with van der Waals surface area (Å²) in [5.74, 6) is -6.32. The number of nitrogens with two attached hydrogens (primary N) is 2. The van der Waals surface area contributed by atoms with Gasteiger partial charge < -0.3 is 31.9 Å². The van der Waals surface area contributed by atoms with Crippen LogP contribution in [0.4, 0.5) is 0 Å². The Kier molecular flexibility index (Phi) is 4.30. The molecular weight excluding hydrogens is 392 g/mol. The summed E-state index contributed by atoms with van der Waals surface area (Å²) < 4.78 is 0. The molecule has 0 radical (unpaired) electrons. The second kappa shape index (κ2) is 6.41. The smallest absolute Gasteiger partial charge is 0.255 e. The number of hydrogen-bond acceptors (Lipinski definition) is 8. The molecule has 0 spiro atoms. The highest BCUT2D eigenvalue weighted by Crippen LogP contribution is 2.51. The van der Waals surface area contributed by atoms with Gasteiger partial charge in [-0.25, -0.2) is 0 Å². The van der Waals surface area contributed by atoms with Crippen molar-refractivity contribution in [3.05, 3.63) is 51.0 Å². The van der Waals surface area contributed by atoms with Crippen LogP contribution in [0.5, 0.6) is 5.75 Å². The molecule has 0 heterocycles. The molecule has 4 rings (SSSR count). The number of amides is 1. The Balaban J connectivity index is 1.94. The lowest BCUT2D eigenvalue weighted by atomic mass is 9.60. The third kappa shape index (κ3) is 2.39. The molecule has 0 unspecified atom stereocenters. The zero-order valence-corrected chi connectivity index (χ0v) is 16.2. The first kappa shape index (κ1) is 20.1. The van der Waals surface area contributed by atoms with Gasteiger partial charge in [0, 0.05) is 24.5 Å². The van der Waals surface area contributed by atoms with Gasteiger partial charge in [0.15, 0.2) is 11.4 Å². The highest BCUT2D eigenvalue weighted by molar-refractivity contribution is 6.24. The summed E-state index contributed by atoms with van der Waals surface area (Å²) in [6.07, 6.45) is 0.106. The number of fused-ring (bicyclic) bond motifs is 3. The maximum Gasteiger partial charge on any atom is 0.255 e. The molecule has 3 aliphatic rings. The van der Waals surface area contributed by atoms with E-state index in [1.54, 1.807) is 13.0 Å². The molecule has 0 fully saturated rings. The van der Waals surface area contributed by atoms with Gasteiger partial charge in [-0.3, -0.25) is 14.4 Å². The molecule has 1 aromatic rings. The van der Waals surface area contributed by atoms with Gasteiger partial charge >= 0.3 is 0 Å². The average Bonchev–Trinajstić information content (AvgIpc) is 2.67. The lowest BCUT2D eigenvalue weighted by molar-refractivity contribution is -0.144. The molecule has 0 aromatic heterocycles. The largest absolute Gasteiger partial charge is 0.511 e. The van der Waals surface area contributed by atoms with Gasteiger partial charge in [0.1, 0.15) is 22.8 Å². The first-order chi connectivity index (χ1) is 14.0. The number of aliphatic hydroxyl groups is 3. The van der Waals surface area contributed by atoms with Crippen LogP contribution in [0, 0.1) is 18.8 Å². The number of benzene rings is 1. The summed E-state index contributed by atoms with van der Waals surface area (Å²) in [6, 6.07) is 1.70. The number of allylic oxidation sites excluding steroid dienone is 2. The first-order valence-corrected chi connectivity index (χ1v) is 9.55. The van der Waals surface area contributed by atoms with Crippen LogP contribution in [0.2, 0.25) is 0 Å². The number of aromatic hydroxyl groups is 1. The van der Waals surface area contributed by atoms with E-state index in [0.29, 0.717) is 16.7 Å². The average molecular weight is 414 g/mol. The number of phenols is 1. The summed E-state index contributed by atoms with van der Waals surface area (Å²) in [4.78, 5) is 37.8. The second-order valence-electron chi connectivity index (χ2n) is 8.17. The Morgan fingerprint density at radius 2 is 1.90 bits per heavy atom. The van der Waals surface area contributed by atoms with Crippen LogP contribution in [0.15, 0.2) is 28.7 Å². The number of rotatable bonds is 2. The normalized spacial score (nSPS) is 28.2. The van der Waals surface area contributed by atoms with Crippen molar-refractivity contribution in [2.75, 3.05) is 0 Å². The maximum absolute atomic E-state index is 13.3. The van der Waals surface area contributed by atoms with Crippen molar-refractivity contribution >= 4 is 17.5 Å². The third-order valence-electron chi connectivity index (χ3n) is 6.56. The van der Waals surface area contributed by atoms with E-state index >= 15 is 0 Å². The zero-order valence-electron chi connectivity index (χ0n) is 16.2. The minimum atomic E-state index is -2.55. The number of ketones is 2. The molecule has 30 heavy (non-hydrogen) atoms. The predicted molar refractivity (Wildman–Crippen MR) is 103 cm³/mol. The molecule has 1 amide bonds. The molecule has 1 aromatic carbocycles. The quantitative estimate of drug-likeness (QED) is 0.374. The fourth-order valence-corrected chi connectivity index (χ4v) is 5.10. The summed E-state index contributed by atoms with van der Waals surface area (Å²) in [5, 5.41) is 42.7. The molecule has 0 bridgehead atoms. The van der Waals surface area contributed by atoms with E-state index in [4.69, 9.17) is 11.5 Å². The Hall–Kier alpha value is -3.17. The minimum Gasteiger partial charge on any atom is -0.511 e. The van der Waals surface area contributed by atoms with Gasteiger partial charge in [-0.05, 0) is 42.4 Å². The van der Waals surface area contributed by atoms with Crippen LogP contribution >= 0.6 is 0 Å². The number of Topliss-reactive ketones (excluding diaryl/α,β-unsaturated/α-hetero) is 2. The minimum absolute atomic E-state index is 0.00734. The Morgan fingerprint density at radius 1 is 1.23 bits per heavy atom. The molecule has 0 saturated heterocycles. The van der Waals surface area contributed by atoms with Crippen LogP contribution in [0.25, 0.3) is 0 Å². The fourth-order valence-electron chi connectivity index (χ4n) is 5.10. The lowest BCUT2D eigenvalue weighted by Crippen LogP contribution is -2.57. The number of aliphatic hydroxyl groups excluding tert-OH is 2. The topological polar surface area (TPSA) is 184 Å². The number of phenolic OH excluding ortho intramolecular Hbond substituents is 1. The van der Waals surface area contributed by atoms with Gasteiger partial charge in [-0.1, -0.05) is 6.07 Å². The summed E-state index contributed by atoms with van der Waals surface area (Å²) in [5.41, 5.74) is 9.16. The van der Waals surface area contributed by atoms with Crippen LogP contribution in [-0.2, 0) is 22.6 Å². The van der Waals surface area contributed by atoms with Gasteiger partial charge in [-0.15, -0.1) is 0 Å². The van der Waals surface area contributed by atoms with E-state index < -0.39 is 52.0 Å². The van der Waals surface area contributed by atoms with Gasteiger partial charge in [0.05, 0.1) is 5.56 Å². The van der Waals surface area contributed by atoms with Crippen LogP contribution in [-0.4, -0.2) is 43.5 Å². The summed E-state index contributed by atoms with van der Waals surface area (Å²) in [7, 11) is 0. The van der Waals surface area contributed by atoms with Crippen molar-refractivity contribution in [2.24, 2.45) is 23.3 Å². The molecular formula is C21H22N2O7. The van der Waals surface area contributed by atoms with Crippen molar-refractivity contribution in [1.29, 1.82) is 0 Å². The van der Waals surface area contributed by atoms with Gasteiger partial charge in [-0.2, -0.15) is 0 Å². The number of primary amides is 1. The number of carbonyl (C=O) groups is 3. The van der Waals surface area contributed by atoms with Crippen LogP contribution < -0.4 is 11.5 Å². The number of aryl methyl sites for hydroxylation is 1. The maximum atomic E-state index is 13.3. The molecule has 0 saturated carbocycles. The summed E-state index contributed by atoms with van der Waals surface area (Å²) >= 11 is 0. The Morgan fingerprint density at radius 3 is 2.50 bits per heavy atom. The van der Waals surface area contributed by atoms with Crippen molar-refractivity contribution in [1.82, 2.24) is 0 Å². The highest BCUT2D eigenvalue weighted by atomic mass is 16.3.